The standard InChI is InChI=1S/C24H25BrN6/c1-14-11-19(25)12-15(2)21(14)31-13-16(3)20-23(28-17(4)29-24(20)31)30-9-7-18(8-10-30)22(26-5)27-6/h11-13,18,22H,7-10H2,1-4H3. The molecule has 0 radical (unpaired) electrons. The summed E-state index contributed by atoms with van der Waals surface area (Å²) in [7, 11) is 0. The summed E-state index contributed by atoms with van der Waals surface area (Å²) in [5.74, 6) is 1.85. The van der Waals surface area contributed by atoms with Gasteiger partial charge in [0.25, 0.3) is 0 Å². The van der Waals surface area contributed by atoms with Gasteiger partial charge in [-0.1, -0.05) is 15.9 Å². The van der Waals surface area contributed by atoms with Crippen molar-refractivity contribution in [2.45, 2.75) is 46.7 Å². The van der Waals surface area contributed by atoms with Crippen LogP contribution in [0.4, 0.5) is 5.82 Å². The molecular weight excluding hydrogens is 452 g/mol. The molecule has 31 heavy (non-hydrogen) atoms. The van der Waals surface area contributed by atoms with E-state index in [4.69, 9.17) is 23.1 Å². The lowest BCUT2D eigenvalue weighted by Gasteiger charge is -2.31. The minimum absolute atomic E-state index is 0.142. The SMILES string of the molecule is [C-]#[N+]C([N+]#[C-])C1CCN(c2nc(C)nc3c2c(C)cn3-c2c(C)cc(Br)cc2C)CC1. The molecule has 0 bridgehead atoms. The predicted molar refractivity (Wildman–Crippen MR) is 127 cm³/mol. The summed E-state index contributed by atoms with van der Waals surface area (Å²) in [4.78, 5) is 19.0. The Kier molecular flexibility index (Phi) is 5.73. The van der Waals surface area contributed by atoms with E-state index in [-0.39, 0.29) is 5.92 Å². The van der Waals surface area contributed by atoms with Crippen LogP contribution in [0.2, 0.25) is 0 Å². The maximum atomic E-state index is 7.28. The Morgan fingerprint density at radius 2 is 1.61 bits per heavy atom. The molecule has 0 spiro atoms. The van der Waals surface area contributed by atoms with Gasteiger partial charge in [-0.15, -0.1) is 0 Å². The number of hydrogen-bond donors (Lipinski definition) is 0. The molecule has 3 heterocycles. The fourth-order valence-corrected chi connectivity index (χ4v) is 5.41. The quantitative estimate of drug-likeness (QED) is 0.448. The predicted octanol–water partition coefficient (Wildman–Crippen LogP) is 5.80. The molecule has 1 fully saturated rings. The number of nitrogens with zero attached hydrogens (tertiary/aromatic N) is 6. The van der Waals surface area contributed by atoms with Gasteiger partial charge in [0.05, 0.1) is 11.1 Å². The van der Waals surface area contributed by atoms with E-state index in [9.17, 15) is 0 Å². The number of aryl methyl sites for hydroxylation is 4. The highest BCUT2D eigenvalue weighted by atomic mass is 79.9. The maximum Gasteiger partial charge on any atom is 0.477 e. The second kappa shape index (κ2) is 8.32. The highest BCUT2D eigenvalue weighted by molar-refractivity contribution is 9.10. The van der Waals surface area contributed by atoms with E-state index >= 15 is 0 Å². The Morgan fingerprint density at radius 3 is 2.19 bits per heavy atom. The summed E-state index contributed by atoms with van der Waals surface area (Å²) in [5, 5.41) is 1.08. The van der Waals surface area contributed by atoms with E-state index in [0.29, 0.717) is 0 Å². The first-order chi connectivity index (χ1) is 14.8. The van der Waals surface area contributed by atoms with Crippen molar-refractivity contribution in [2.75, 3.05) is 18.0 Å². The highest BCUT2D eigenvalue weighted by Crippen LogP contribution is 2.35. The lowest BCUT2D eigenvalue weighted by atomic mass is 9.94. The van der Waals surface area contributed by atoms with Crippen LogP contribution in [0.1, 0.15) is 35.4 Å². The normalized spacial score (nSPS) is 14.8. The molecule has 6 nitrogen and oxygen atoms in total. The van der Waals surface area contributed by atoms with Crippen molar-refractivity contribution in [1.82, 2.24) is 14.5 Å². The largest absolute Gasteiger partial charge is 0.477 e. The average molecular weight is 477 g/mol. The second-order valence-corrected chi connectivity index (χ2v) is 9.28. The minimum Gasteiger partial charge on any atom is -0.356 e. The van der Waals surface area contributed by atoms with Crippen LogP contribution < -0.4 is 4.90 Å². The van der Waals surface area contributed by atoms with Gasteiger partial charge in [-0.3, -0.25) is 0 Å². The zero-order chi connectivity index (χ0) is 22.3. The van der Waals surface area contributed by atoms with Crippen LogP contribution >= 0.6 is 15.9 Å². The number of fused-ring (bicyclic) bond motifs is 1. The molecule has 0 saturated carbocycles. The van der Waals surface area contributed by atoms with Crippen LogP contribution in [-0.2, 0) is 0 Å². The number of benzene rings is 1. The molecule has 1 aliphatic rings. The number of halogens is 1. The first-order valence-electron chi connectivity index (χ1n) is 10.5. The van der Waals surface area contributed by atoms with Crippen molar-refractivity contribution in [3.05, 3.63) is 68.2 Å². The monoisotopic (exact) mass is 476 g/mol. The van der Waals surface area contributed by atoms with E-state index < -0.39 is 6.17 Å². The second-order valence-electron chi connectivity index (χ2n) is 8.36. The average Bonchev–Trinajstić information content (AvgIpc) is 3.04. The number of aromatic nitrogens is 3. The van der Waals surface area contributed by atoms with Gasteiger partial charge in [0.2, 0.25) is 0 Å². The molecule has 3 aromatic rings. The van der Waals surface area contributed by atoms with Gasteiger partial charge in [-0.05, 0) is 69.4 Å². The van der Waals surface area contributed by atoms with Gasteiger partial charge >= 0.3 is 6.17 Å². The Labute approximate surface area is 191 Å². The Balaban J connectivity index is 1.79. The molecule has 1 aromatic carbocycles. The molecule has 0 unspecified atom stereocenters. The summed E-state index contributed by atoms with van der Waals surface area (Å²) in [6.07, 6.45) is 3.28. The molecule has 0 aliphatic carbocycles. The van der Waals surface area contributed by atoms with Crippen LogP contribution in [0.15, 0.2) is 22.8 Å². The molecule has 0 amide bonds. The number of rotatable bonds is 3. The molecule has 0 atom stereocenters. The zero-order valence-corrected chi connectivity index (χ0v) is 19.9. The lowest BCUT2D eigenvalue weighted by Crippen LogP contribution is -2.37. The Hall–Kier alpha value is -2.90. The first-order valence-corrected chi connectivity index (χ1v) is 11.2. The van der Waals surface area contributed by atoms with Crippen LogP contribution in [0.5, 0.6) is 0 Å². The third-order valence-electron chi connectivity index (χ3n) is 6.15. The van der Waals surface area contributed by atoms with Crippen molar-refractivity contribution in [3.8, 4) is 5.69 Å². The Bertz CT molecular complexity index is 1200. The third kappa shape index (κ3) is 3.79. The van der Waals surface area contributed by atoms with Crippen molar-refractivity contribution < 1.29 is 0 Å². The highest BCUT2D eigenvalue weighted by Gasteiger charge is 2.35. The third-order valence-corrected chi connectivity index (χ3v) is 6.61. The molecule has 0 N–H and O–H groups in total. The topological polar surface area (TPSA) is 42.7 Å². The van der Waals surface area contributed by atoms with Crippen LogP contribution in [0, 0.1) is 46.8 Å². The van der Waals surface area contributed by atoms with Crippen molar-refractivity contribution in [3.63, 3.8) is 0 Å². The smallest absolute Gasteiger partial charge is 0.356 e. The summed E-state index contributed by atoms with van der Waals surface area (Å²) in [6.45, 7) is 24.5. The summed E-state index contributed by atoms with van der Waals surface area (Å²) >= 11 is 3.60. The van der Waals surface area contributed by atoms with Crippen molar-refractivity contribution in [2.24, 2.45) is 5.92 Å². The fourth-order valence-electron chi connectivity index (χ4n) is 4.72. The lowest BCUT2D eigenvalue weighted by molar-refractivity contribution is 0.394. The zero-order valence-electron chi connectivity index (χ0n) is 18.3. The number of hydrogen-bond acceptors (Lipinski definition) is 3. The maximum absolute atomic E-state index is 7.28. The van der Waals surface area contributed by atoms with Gasteiger partial charge < -0.3 is 9.47 Å². The van der Waals surface area contributed by atoms with E-state index in [1.54, 1.807) is 0 Å². The van der Waals surface area contributed by atoms with Gasteiger partial charge in [-0.2, -0.15) is 0 Å². The number of anilines is 1. The molecule has 1 saturated heterocycles. The number of piperidine rings is 1. The van der Waals surface area contributed by atoms with Gasteiger partial charge in [0, 0.05) is 23.8 Å². The summed E-state index contributed by atoms with van der Waals surface area (Å²) in [5.41, 5.74) is 5.60. The molecular formula is C24H25BrN6. The van der Waals surface area contributed by atoms with E-state index in [2.05, 4.69) is 74.2 Å². The Morgan fingerprint density at radius 1 is 1.00 bits per heavy atom. The summed E-state index contributed by atoms with van der Waals surface area (Å²) < 4.78 is 3.27. The van der Waals surface area contributed by atoms with Crippen molar-refractivity contribution in [1.29, 1.82) is 0 Å². The molecule has 158 valence electrons. The molecule has 7 heteroatoms. The van der Waals surface area contributed by atoms with Crippen LogP contribution in [0.3, 0.4) is 0 Å². The van der Waals surface area contributed by atoms with Gasteiger partial charge in [-0.25, -0.2) is 32.8 Å². The molecule has 4 rings (SSSR count). The van der Waals surface area contributed by atoms with Crippen molar-refractivity contribution >= 4 is 32.8 Å². The van der Waals surface area contributed by atoms with E-state index in [1.807, 2.05) is 6.92 Å². The summed E-state index contributed by atoms with van der Waals surface area (Å²) in [6, 6.07) is 4.27. The van der Waals surface area contributed by atoms with E-state index in [0.717, 1.165) is 64.3 Å². The fraction of sp³-hybridized carbons (Fsp3) is 0.417. The molecule has 1 aliphatic heterocycles. The molecule has 2 aromatic heterocycles. The van der Waals surface area contributed by atoms with Crippen LogP contribution in [0.25, 0.3) is 26.4 Å². The van der Waals surface area contributed by atoms with Gasteiger partial charge in [0.15, 0.2) is 5.65 Å². The van der Waals surface area contributed by atoms with Gasteiger partial charge in [0.1, 0.15) is 17.6 Å². The van der Waals surface area contributed by atoms with E-state index in [1.165, 1.54) is 11.1 Å². The first kappa shape index (κ1) is 21.3. The minimum atomic E-state index is -0.555. The van der Waals surface area contributed by atoms with Crippen LogP contribution in [-0.4, -0.2) is 33.8 Å².